The molecule has 5 heteroatoms. The standard InChI is InChI=1S/C15H20N2O3/c1-5-6-15(2)10-8-11(16)9(13(18)20-4)7-12(10)17(3)14(15)19/h7-8H,5-6,16H2,1-4H3. The van der Waals surface area contributed by atoms with Gasteiger partial charge in [0.1, 0.15) is 0 Å². The topological polar surface area (TPSA) is 72.6 Å². The zero-order valence-electron chi connectivity index (χ0n) is 12.3. The van der Waals surface area contributed by atoms with E-state index in [1.165, 1.54) is 7.11 Å². The van der Waals surface area contributed by atoms with Gasteiger partial charge in [0.15, 0.2) is 0 Å². The molecular weight excluding hydrogens is 256 g/mol. The van der Waals surface area contributed by atoms with E-state index in [4.69, 9.17) is 10.5 Å². The predicted octanol–water partition coefficient (Wildman–Crippen LogP) is 2.09. The van der Waals surface area contributed by atoms with Gasteiger partial charge >= 0.3 is 5.97 Å². The number of esters is 1. The van der Waals surface area contributed by atoms with Crippen molar-refractivity contribution in [1.82, 2.24) is 0 Å². The Morgan fingerprint density at radius 2 is 2.10 bits per heavy atom. The molecule has 0 aliphatic carbocycles. The average molecular weight is 276 g/mol. The lowest BCUT2D eigenvalue weighted by Crippen LogP contribution is -2.35. The molecule has 2 N–H and O–H groups in total. The Bertz CT molecular complexity index is 583. The second kappa shape index (κ2) is 4.81. The highest BCUT2D eigenvalue weighted by molar-refractivity contribution is 6.09. The molecule has 1 aliphatic heterocycles. The highest BCUT2D eigenvalue weighted by Gasteiger charge is 2.45. The number of methoxy groups -OCH3 is 1. The molecule has 0 aromatic heterocycles. The highest BCUT2D eigenvalue weighted by Crippen LogP contribution is 2.45. The minimum Gasteiger partial charge on any atom is -0.465 e. The minimum absolute atomic E-state index is 0.0377. The van der Waals surface area contributed by atoms with Gasteiger partial charge in [0, 0.05) is 18.4 Å². The van der Waals surface area contributed by atoms with Gasteiger partial charge in [-0.1, -0.05) is 13.3 Å². The number of carbonyl (C=O) groups excluding carboxylic acids is 2. The molecule has 1 aliphatic rings. The molecule has 0 radical (unpaired) electrons. The normalized spacial score (nSPS) is 21.0. The Balaban J connectivity index is 2.63. The molecule has 0 fully saturated rings. The lowest BCUT2D eigenvalue weighted by Gasteiger charge is -2.22. The van der Waals surface area contributed by atoms with Crippen molar-refractivity contribution in [3.05, 3.63) is 23.3 Å². The van der Waals surface area contributed by atoms with Gasteiger partial charge < -0.3 is 15.4 Å². The first-order chi connectivity index (χ1) is 9.36. The highest BCUT2D eigenvalue weighted by atomic mass is 16.5. The third-order valence-electron chi connectivity index (χ3n) is 4.06. The third kappa shape index (κ3) is 1.85. The molecule has 20 heavy (non-hydrogen) atoms. The zero-order chi connectivity index (χ0) is 15.1. The SMILES string of the molecule is CCCC1(C)C(=O)N(C)c2cc(C(=O)OC)c(N)cc21. The lowest BCUT2D eigenvalue weighted by molar-refractivity contribution is -0.122. The van der Waals surface area contributed by atoms with Crippen molar-refractivity contribution in [2.75, 3.05) is 24.8 Å². The largest absolute Gasteiger partial charge is 0.465 e. The van der Waals surface area contributed by atoms with E-state index in [0.29, 0.717) is 11.3 Å². The molecule has 0 saturated carbocycles. The number of benzene rings is 1. The fourth-order valence-electron chi connectivity index (χ4n) is 2.95. The van der Waals surface area contributed by atoms with Gasteiger partial charge in [-0.2, -0.15) is 0 Å². The summed E-state index contributed by atoms with van der Waals surface area (Å²) in [4.78, 5) is 25.8. The lowest BCUT2D eigenvalue weighted by atomic mass is 9.79. The summed E-state index contributed by atoms with van der Waals surface area (Å²) in [6.07, 6.45) is 1.65. The van der Waals surface area contributed by atoms with Crippen LogP contribution in [0.3, 0.4) is 0 Å². The van der Waals surface area contributed by atoms with Gasteiger partial charge in [0.25, 0.3) is 0 Å². The molecule has 1 heterocycles. The van der Waals surface area contributed by atoms with Crippen molar-refractivity contribution in [3.8, 4) is 0 Å². The van der Waals surface area contributed by atoms with E-state index in [2.05, 4.69) is 0 Å². The van der Waals surface area contributed by atoms with Crippen molar-refractivity contribution < 1.29 is 14.3 Å². The Labute approximate surface area is 118 Å². The number of ether oxygens (including phenoxy) is 1. The summed E-state index contributed by atoms with van der Waals surface area (Å²) >= 11 is 0. The first-order valence-corrected chi connectivity index (χ1v) is 6.67. The van der Waals surface area contributed by atoms with Gasteiger partial charge in [0.05, 0.1) is 18.1 Å². The Hall–Kier alpha value is -2.04. The number of hydrogen-bond acceptors (Lipinski definition) is 4. The second-order valence-electron chi connectivity index (χ2n) is 5.39. The quantitative estimate of drug-likeness (QED) is 0.677. The number of anilines is 2. The van der Waals surface area contributed by atoms with Crippen LogP contribution in [0.25, 0.3) is 0 Å². The fraction of sp³-hybridized carbons (Fsp3) is 0.467. The van der Waals surface area contributed by atoms with Gasteiger partial charge in [-0.3, -0.25) is 4.79 Å². The first kappa shape index (κ1) is 14.4. The van der Waals surface area contributed by atoms with Crippen molar-refractivity contribution in [1.29, 1.82) is 0 Å². The molecular formula is C15H20N2O3. The minimum atomic E-state index is -0.568. The summed E-state index contributed by atoms with van der Waals surface area (Å²) in [6, 6.07) is 3.38. The molecule has 0 saturated heterocycles. The van der Waals surface area contributed by atoms with Crippen LogP contribution >= 0.6 is 0 Å². The van der Waals surface area contributed by atoms with Gasteiger partial charge in [-0.25, -0.2) is 4.79 Å². The summed E-state index contributed by atoms with van der Waals surface area (Å²) in [6.45, 7) is 3.97. The smallest absolute Gasteiger partial charge is 0.340 e. The summed E-state index contributed by atoms with van der Waals surface area (Å²) < 4.78 is 4.72. The second-order valence-corrected chi connectivity index (χ2v) is 5.39. The fourth-order valence-corrected chi connectivity index (χ4v) is 2.95. The molecule has 2 rings (SSSR count). The van der Waals surface area contributed by atoms with E-state index in [1.807, 2.05) is 13.8 Å². The summed E-state index contributed by atoms with van der Waals surface area (Å²) in [5.74, 6) is -0.453. The molecule has 1 atom stereocenters. The van der Waals surface area contributed by atoms with Gasteiger partial charge in [0.2, 0.25) is 5.91 Å². The van der Waals surface area contributed by atoms with E-state index in [0.717, 1.165) is 24.1 Å². The first-order valence-electron chi connectivity index (χ1n) is 6.67. The van der Waals surface area contributed by atoms with Crippen LogP contribution in [0.1, 0.15) is 42.6 Å². The Morgan fingerprint density at radius 3 is 2.65 bits per heavy atom. The number of nitrogens with two attached hydrogens (primary N) is 1. The van der Waals surface area contributed by atoms with E-state index in [9.17, 15) is 9.59 Å². The van der Waals surface area contributed by atoms with Crippen LogP contribution in [-0.4, -0.2) is 26.0 Å². The number of hydrogen-bond donors (Lipinski definition) is 1. The molecule has 0 bridgehead atoms. The maximum absolute atomic E-state index is 12.5. The van der Waals surface area contributed by atoms with Crippen LogP contribution in [0.5, 0.6) is 0 Å². The van der Waals surface area contributed by atoms with Crippen LogP contribution in [-0.2, 0) is 14.9 Å². The van der Waals surface area contributed by atoms with E-state index < -0.39 is 11.4 Å². The van der Waals surface area contributed by atoms with E-state index in [-0.39, 0.29) is 5.91 Å². The third-order valence-corrected chi connectivity index (χ3v) is 4.06. The van der Waals surface area contributed by atoms with E-state index >= 15 is 0 Å². The zero-order valence-corrected chi connectivity index (χ0v) is 12.3. The number of likely N-dealkylation sites (N-methyl/N-ethyl adjacent to an activating group) is 1. The van der Waals surface area contributed by atoms with Crippen LogP contribution in [0.15, 0.2) is 12.1 Å². The number of rotatable bonds is 3. The molecule has 1 unspecified atom stereocenters. The summed E-state index contributed by atoms with van der Waals surface area (Å²) in [7, 11) is 3.03. The molecule has 0 spiro atoms. The number of nitrogen functional groups attached to an aromatic ring is 1. The van der Waals surface area contributed by atoms with Gasteiger partial charge in [-0.15, -0.1) is 0 Å². The molecule has 1 aromatic rings. The number of amides is 1. The Kier molecular flexibility index (Phi) is 3.46. The maximum Gasteiger partial charge on any atom is 0.340 e. The molecule has 1 amide bonds. The average Bonchev–Trinajstić information content (AvgIpc) is 2.60. The number of fused-ring (bicyclic) bond motifs is 1. The van der Waals surface area contributed by atoms with Crippen LogP contribution < -0.4 is 10.6 Å². The monoisotopic (exact) mass is 276 g/mol. The molecule has 108 valence electrons. The molecule has 1 aromatic carbocycles. The van der Waals surface area contributed by atoms with Crippen molar-refractivity contribution in [3.63, 3.8) is 0 Å². The van der Waals surface area contributed by atoms with Crippen LogP contribution in [0.2, 0.25) is 0 Å². The molecule has 5 nitrogen and oxygen atoms in total. The number of carbonyl (C=O) groups is 2. The summed E-state index contributed by atoms with van der Waals surface area (Å²) in [5, 5.41) is 0. The predicted molar refractivity (Wildman–Crippen MR) is 77.9 cm³/mol. The van der Waals surface area contributed by atoms with Crippen molar-refractivity contribution >= 4 is 23.3 Å². The van der Waals surface area contributed by atoms with Crippen LogP contribution in [0, 0.1) is 0 Å². The van der Waals surface area contributed by atoms with Crippen molar-refractivity contribution in [2.45, 2.75) is 32.1 Å². The summed E-state index contributed by atoms with van der Waals surface area (Å²) in [5.41, 5.74) is 7.65. The van der Waals surface area contributed by atoms with Crippen LogP contribution in [0.4, 0.5) is 11.4 Å². The van der Waals surface area contributed by atoms with Crippen molar-refractivity contribution in [2.24, 2.45) is 0 Å². The maximum atomic E-state index is 12.5. The number of nitrogens with zero attached hydrogens (tertiary/aromatic N) is 1. The van der Waals surface area contributed by atoms with Gasteiger partial charge in [-0.05, 0) is 31.0 Å². The Morgan fingerprint density at radius 1 is 1.45 bits per heavy atom. The van der Waals surface area contributed by atoms with E-state index in [1.54, 1.807) is 24.1 Å².